The number of rotatable bonds is 3. The van der Waals surface area contributed by atoms with E-state index in [1.807, 2.05) is 0 Å². The molecular weight excluding hydrogens is 183 g/mol. The second-order valence-corrected chi connectivity index (χ2v) is 4.01. The van der Waals surface area contributed by atoms with Crippen molar-refractivity contribution in [3.8, 4) is 0 Å². The Bertz CT molecular complexity index is 352. The van der Waals surface area contributed by atoms with Gasteiger partial charge in [-0.3, -0.25) is 0 Å². The van der Waals surface area contributed by atoms with Crippen molar-refractivity contribution in [1.82, 2.24) is 0 Å². The molecule has 0 radical (unpaired) electrons. The van der Waals surface area contributed by atoms with Gasteiger partial charge in [-0.1, -0.05) is 0 Å². The summed E-state index contributed by atoms with van der Waals surface area (Å²) in [5, 5.41) is 0. The van der Waals surface area contributed by atoms with Crippen molar-refractivity contribution in [2.75, 3.05) is 5.75 Å². The summed E-state index contributed by atoms with van der Waals surface area (Å²) in [5.41, 5.74) is 0.846. The lowest BCUT2D eigenvalue weighted by Crippen LogP contribution is -2.01. The molecule has 0 N–H and O–H groups in total. The van der Waals surface area contributed by atoms with Crippen molar-refractivity contribution in [3.63, 3.8) is 0 Å². The lowest BCUT2D eigenvalue weighted by atomic mass is 10.2. The maximum absolute atomic E-state index is 12.0. The second-order valence-electron chi connectivity index (χ2n) is 2.52. The van der Waals surface area contributed by atoms with Crippen molar-refractivity contribution >= 4 is 10.2 Å². The Balaban J connectivity index is 2.61. The SMILES string of the molecule is Cc1ccoc1CCS(=O)(=O)F. The molecule has 1 aromatic rings. The molecule has 0 aliphatic rings. The Morgan fingerprint density at radius 2 is 2.25 bits per heavy atom. The Kier molecular flexibility index (Phi) is 2.52. The molecule has 0 fully saturated rings. The van der Waals surface area contributed by atoms with E-state index in [2.05, 4.69) is 0 Å². The van der Waals surface area contributed by atoms with Gasteiger partial charge in [0.15, 0.2) is 0 Å². The topological polar surface area (TPSA) is 47.3 Å². The Labute approximate surface area is 70.4 Å². The molecule has 5 heteroatoms. The lowest BCUT2D eigenvalue weighted by molar-refractivity contribution is 0.506. The molecule has 0 unspecified atom stereocenters. The van der Waals surface area contributed by atoms with Gasteiger partial charge >= 0.3 is 10.2 Å². The van der Waals surface area contributed by atoms with Crippen LogP contribution in [0.3, 0.4) is 0 Å². The molecule has 0 amide bonds. The van der Waals surface area contributed by atoms with Crippen molar-refractivity contribution in [2.45, 2.75) is 13.3 Å². The van der Waals surface area contributed by atoms with E-state index in [4.69, 9.17) is 4.42 Å². The molecule has 12 heavy (non-hydrogen) atoms. The first kappa shape index (κ1) is 9.25. The summed E-state index contributed by atoms with van der Waals surface area (Å²) in [7, 11) is -4.38. The van der Waals surface area contributed by atoms with E-state index in [9.17, 15) is 12.3 Å². The largest absolute Gasteiger partial charge is 0.469 e. The standard InChI is InChI=1S/C7H9FO3S/c1-6-2-4-11-7(6)3-5-12(8,9)10/h2,4H,3,5H2,1H3. The molecule has 0 bridgehead atoms. The second kappa shape index (κ2) is 3.26. The van der Waals surface area contributed by atoms with Crippen LogP contribution in [0.15, 0.2) is 16.7 Å². The van der Waals surface area contributed by atoms with Crippen molar-refractivity contribution in [1.29, 1.82) is 0 Å². The molecule has 1 aromatic heterocycles. The third-order valence-corrected chi connectivity index (χ3v) is 2.23. The molecule has 1 rings (SSSR count). The molecule has 0 saturated carbocycles. The Morgan fingerprint density at radius 1 is 1.58 bits per heavy atom. The highest BCUT2D eigenvalue weighted by Crippen LogP contribution is 2.10. The quantitative estimate of drug-likeness (QED) is 0.680. The predicted molar refractivity (Wildman–Crippen MR) is 42.0 cm³/mol. The van der Waals surface area contributed by atoms with Crippen molar-refractivity contribution < 1.29 is 16.7 Å². The maximum Gasteiger partial charge on any atom is 0.302 e. The van der Waals surface area contributed by atoms with Crippen LogP contribution in [0.5, 0.6) is 0 Å². The number of aryl methyl sites for hydroxylation is 2. The highest BCUT2D eigenvalue weighted by atomic mass is 32.3. The zero-order valence-corrected chi connectivity index (χ0v) is 7.40. The van der Waals surface area contributed by atoms with Crippen molar-refractivity contribution in [3.05, 3.63) is 23.7 Å². The minimum absolute atomic E-state index is 0.0949. The van der Waals surface area contributed by atoms with Crippen LogP contribution >= 0.6 is 0 Å². The molecular formula is C7H9FO3S. The summed E-state index contributed by atoms with van der Waals surface area (Å²) < 4.78 is 37.2. The zero-order valence-electron chi connectivity index (χ0n) is 6.58. The van der Waals surface area contributed by atoms with E-state index in [1.54, 1.807) is 13.0 Å². The van der Waals surface area contributed by atoms with Gasteiger partial charge in [0.2, 0.25) is 0 Å². The number of halogens is 1. The molecule has 0 spiro atoms. The molecule has 0 aliphatic carbocycles. The van der Waals surface area contributed by atoms with Crippen LogP contribution in [0.25, 0.3) is 0 Å². The Morgan fingerprint density at radius 3 is 2.67 bits per heavy atom. The van der Waals surface area contributed by atoms with Gasteiger partial charge in [-0.2, -0.15) is 8.42 Å². The monoisotopic (exact) mass is 192 g/mol. The average molecular weight is 192 g/mol. The summed E-state index contributed by atoms with van der Waals surface area (Å²) in [4.78, 5) is 0. The minimum Gasteiger partial charge on any atom is -0.469 e. The van der Waals surface area contributed by atoms with Crippen LogP contribution < -0.4 is 0 Å². The van der Waals surface area contributed by atoms with Gasteiger partial charge < -0.3 is 4.42 Å². The summed E-state index contributed by atoms with van der Waals surface area (Å²) >= 11 is 0. The van der Waals surface area contributed by atoms with E-state index >= 15 is 0 Å². The van der Waals surface area contributed by atoms with Crippen LogP contribution in [0.1, 0.15) is 11.3 Å². The molecule has 0 aliphatic heterocycles. The van der Waals surface area contributed by atoms with Gasteiger partial charge in [0.1, 0.15) is 5.76 Å². The van der Waals surface area contributed by atoms with Crippen LogP contribution in [0.4, 0.5) is 3.89 Å². The lowest BCUT2D eigenvalue weighted by Gasteiger charge is -1.94. The zero-order chi connectivity index (χ0) is 9.19. The molecule has 0 aromatic carbocycles. The van der Waals surface area contributed by atoms with E-state index in [0.29, 0.717) is 5.76 Å². The molecule has 1 heterocycles. The predicted octanol–water partition coefficient (Wildman–Crippen LogP) is 1.43. The third-order valence-electron chi connectivity index (χ3n) is 1.54. The maximum atomic E-state index is 12.0. The van der Waals surface area contributed by atoms with E-state index in [-0.39, 0.29) is 6.42 Å². The minimum atomic E-state index is -4.38. The van der Waals surface area contributed by atoms with Gasteiger partial charge in [-0.05, 0) is 18.6 Å². The normalized spacial score (nSPS) is 11.8. The number of hydrogen-bond donors (Lipinski definition) is 0. The van der Waals surface area contributed by atoms with Crippen LogP contribution in [-0.2, 0) is 16.6 Å². The number of furan rings is 1. The van der Waals surface area contributed by atoms with E-state index in [0.717, 1.165) is 5.56 Å². The smallest absolute Gasteiger partial charge is 0.302 e. The fourth-order valence-corrected chi connectivity index (χ4v) is 1.30. The van der Waals surface area contributed by atoms with E-state index < -0.39 is 16.0 Å². The van der Waals surface area contributed by atoms with Gasteiger partial charge in [0, 0.05) is 6.42 Å². The Hall–Kier alpha value is -0.840. The van der Waals surface area contributed by atoms with Crippen LogP contribution in [0, 0.1) is 6.92 Å². The van der Waals surface area contributed by atoms with Crippen molar-refractivity contribution in [2.24, 2.45) is 0 Å². The molecule has 0 atom stereocenters. The first-order valence-corrected chi connectivity index (χ1v) is 4.99. The van der Waals surface area contributed by atoms with Gasteiger partial charge in [0.25, 0.3) is 0 Å². The fraction of sp³-hybridized carbons (Fsp3) is 0.429. The molecule has 68 valence electrons. The molecule has 0 saturated heterocycles. The summed E-state index contributed by atoms with van der Waals surface area (Å²) in [6.45, 7) is 1.78. The molecule has 3 nitrogen and oxygen atoms in total. The first-order chi connectivity index (χ1) is 5.49. The highest BCUT2D eigenvalue weighted by molar-refractivity contribution is 7.86. The van der Waals surface area contributed by atoms with Gasteiger partial charge in [0.05, 0.1) is 12.0 Å². The average Bonchev–Trinajstić information content (AvgIpc) is 2.29. The van der Waals surface area contributed by atoms with Crippen LogP contribution in [0.2, 0.25) is 0 Å². The summed E-state index contributed by atoms with van der Waals surface area (Å²) in [6.07, 6.45) is 1.55. The summed E-state index contributed by atoms with van der Waals surface area (Å²) in [6, 6.07) is 1.71. The summed E-state index contributed by atoms with van der Waals surface area (Å²) in [5.74, 6) is 0.0117. The third kappa shape index (κ3) is 2.65. The van der Waals surface area contributed by atoms with E-state index in [1.165, 1.54) is 6.26 Å². The first-order valence-electron chi connectivity index (χ1n) is 3.44. The van der Waals surface area contributed by atoms with Crippen LogP contribution in [-0.4, -0.2) is 14.2 Å². The number of hydrogen-bond acceptors (Lipinski definition) is 3. The highest BCUT2D eigenvalue weighted by Gasteiger charge is 2.10. The van der Waals surface area contributed by atoms with Gasteiger partial charge in [-0.15, -0.1) is 3.89 Å². The fourth-order valence-electron chi connectivity index (χ4n) is 0.875. The van der Waals surface area contributed by atoms with Gasteiger partial charge in [-0.25, -0.2) is 0 Å².